The average Bonchev–Trinajstić information content (AvgIpc) is 3.07. The molecule has 0 aromatic carbocycles. The number of nitrogens with two attached hydrogens (primary N) is 1. The van der Waals surface area contributed by atoms with Crippen molar-refractivity contribution in [1.29, 1.82) is 0 Å². The molecule has 120 valence electrons. The molecular weight excluding hydrogens is 290 g/mol. The predicted molar refractivity (Wildman–Crippen MR) is 81.3 cm³/mol. The third-order valence-electron chi connectivity index (χ3n) is 4.20. The van der Waals surface area contributed by atoms with Gasteiger partial charge in [-0.05, 0) is 26.8 Å². The average molecular weight is 315 g/mol. The van der Waals surface area contributed by atoms with Gasteiger partial charge in [0.05, 0.1) is 0 Å². The van der Waals surface area contributed by atoms with Crippen LogP contribution in [0.2, 0.25) is 0 Å². The molecule has 4 N–H and O–H groups in total. The van der Waals surface area contributed by atoms with E-state index in [1.807, 2.05) is 7.05 Å². The van der Waals surface area contributed by atoms with Crippen LogP contribution < -0.4 is 10.5 Å². The summed E-state index contributed by atoms with van der Waals surface area (Å²) in [6.45, 7) is 3.00. The maximum absolute atomic E-state index is 12.3. The van der Waals surface area contributed by atoms with Crippen LogP contribution in [-0.2, 0) is 16.6 Å². The zero-order valence-corrected chi connectivity index (χ0v) is 13.5. The third-order valence-corrected chi connectivity index (χ3v) is 5.63. The maximum Gasteiger partial charge on any atom is 0.260 e. The molecule has 1 saturated carbocycles. The molecule has 0 amide bonds. The highest BCUT2D eigenvalue weighted by atomic mass is 32.2. The molecule has 1 heterocycles. The quantitative estimate of drug-likeness (QED) is 0.672. The number of aromatic nitrogens is 2. The highest BCUT2D eigenvalue weighted by Gasteiger charge is 2.24. The Hall–Kier alpha value is -0.960. The number of hydrogen-bond acceptors (Lipinski definition) is 5. The summed E-state index contributed by atoms with van der Waals surface area (Å²) in [6.07, 6.45) is 4.96. The lowest BCUT2D eigenvalue weighted by Crippen LogP contribution is -2.37. The van der Waals surface area contributed by atoms with Crippen molar-refractivity contribution in [3.05, 3.63) is 11.3 Å². The molecule has 1 aliphatic carbocycles. The van der Waals surface area contributed by atoms with E-state index in [-0.39, 0.29) is 11.6 Å². The van der Waals surface area contributed by atoms with Crippen LogP contribution in [0, 0.1) is 6.92 Å². The van der Waals surface area contributed by atoms with Gasteiger partial charge in [0.25, 0.3) is 10.0 Å². The molecule has 0 bridgehead atoms. The smallest absolute Gasteiger partial charge is 0.260 e. The Bertz CT molecular complexity index is 563. The van der Waals surface area contributed by atoms with Crippen molar-refractivity contribution < 1.29 is 8.42 Å². The highest BCUT2D eigenvalue weighted by molar-refractivity contribution is 7.89. The van der Waals surface area contributed by atoms with Gasteiger partial charge in [-0.25, -0.2) is 13.1 Å². The van der Waals surface area contributed by atoms with Gasteiger partial charge < -0.3 is 10.6 Å². The van der Waals surface area contributed by atoms with E-state index in [1.165, 1.54) is 25.7 Å². The van der Waals surface area contributed by atoms with E-state index in [1.54, 1.807) is 6.92 Å². The Kier molecular flexibility index (Phi) is 5.37. The first-order valence-corrected chi connectivity index (χ1v) is 8.88. The molecule has 21 heavy (non-hydrogen) atoms. The number of aryl methyl sites for hydroxylation is 1. The molecule has 1 aromatic rings. The number of likely N-dealkylation sites (N-methyl/N-ethyl adjacent to an activating group) is 1. The number of H-pyrrole nitrogens is 1. The Morgan fingerprint density at radius 2 is 2.10 bits per heavy atom. The van der Waals surface area contributed by atoms with Crippen molar-refractivity contribution in [2.75, 3.05) is 20.1 Å². The highest BCUT2D eigenvalue weighted by Crippen LogP contribution is 2.22. The van der Waals surface area contributed by atoms with Crippen molar-refractivity contribution in [1.82, 2.24) is 19.8 Å². The summed E-state index contributed by atoms with van der Waals surface area (Å²) >= 11 is 0. The van der Waals surface area contributed by atoms with Crippen LogP contribution in [0.5, 0.6) is 0 Å². The molecule has 0 radical (unpaired) electrons. The van der Waals surface area contributed by atoms with E-state index in [0.717, 1.165) is 0 Å². The summed E-state index contributed by atoms with van der Waals surface area (Å²) in [5.41, 5.74) is 6.83. The lowest BCUT2D eigenvalue weighted by Gasteiger charge is -2.23. The fraction of sp³-hybridized carbons (Fsp3) is 0.769. The van der Waals surface area contributed by atoms with Crippen LogP contribution in [0.1, 0.15) is 36.9 Å². The number of aromatic amines is 1. The van der Waals surface area contributed by atoms with Crippen molar-refractivity contribution in [2.24, 2.45) is 5.73 Å². The normalized spacial score (nSPS) is 17.0. The summed E-state index contributed by atoms with van der Waals surface area (Å²) in [5, 5.41) is 6.56. The van der Waals surface area contributed by atoms with E-state index >= 15 is 0 Å². The molecule has 0 atom stereocenters. The van der Waals surface area contributed by atoms with Crippen molar-refractivity contribution in [2.45, 2.75) is 50.2 Å². The molecule has 0 saturated heterocycles. The van der Waals surface area contributed by atoms with Crippen LogP contribution in [-0.4, -0.2) is 49.7 Å². The number of nitrogens with one attached hydrogen (secondary N) is 2. The second-order valence-electron chi connectivity index (χ2n) is 5.65. The molecule has 1 aliphatic rings. The van der Waals surface area contributed by atoms with Crippen molar-refractivity contribution in [3.8, 4) is 0 Å². The predicted octanol–water partition coefficient (Wildman–Crippen LogP) is 0.330. The molecule has 0 aliphatic heterocycles. The molecular formula is C13H25N5O2S. The van der Waals surface area contributed by atoms with Gasteiger partial charge in [-0.2, -0.15) is 5.10 Å². The van der Waals surface area contributed by atoms with E-state index in [0.29, 0.717) is 30.4 Å². The van der Waals surface area contributed by atoms with Crippen LogP contribution in [0.25, 0.3) is 0 Å². The fourth-order valence-corrected chi connectivity index (χ4v) is 4.07. The van der Waals surface area contributed by atoms with Crippen molar-refractivity contribution >= 4 is 10.0 Å². The van der Waals surface area contributed by atoms with Crippen LogP contribution in [0.3, 0.4) is 0 Å². The second-order valence-corrected chi connectivity index (χ2v) is 7.34. The zero-order valence-electron chi connectivity index (χ0n) is 12.7. The third kappa shape index (κ3) is 3.82. The first-order chi connectivity index (χ1) is 9.95. The van der Waals surface area contributed by atoms with Gasteiger partial charge in [0.2, 0.25) is 0 Å². The van der Waals surface area contributed by atoms with E-state index in [2.05, 4.69) is 19.8 Å². The van der Waals surface area contributed by atoms with Crippen LogP contribution >= 0.6 is 0 Å². The summed E-state index contributed by atoms with van der Waals surface area (Å²) in [5.74, 6) is 0. The number of nitrogens with zero attached hydrogens (tertiary/aromatic N) is 2. The lowest BCUT2D eigenvalue weighted by atomic mass is 10.2. The van der Waals surface area contributed by atoms with E-state index in [9.17, 15) is 8.42 Å². The van der Waals surface area contributed by atoms with Crippen LogP contribution in [0.4, 0.5) is 0 Å². The van der Waals surface area contributed by atoms with Crippen molar-refractivity contribution in [3.63, 3.8) is 0 Å². The summed E-state index contributed by atoms with van der Waals surface area (Å²) in [6, 6.07) is 0.585. The number of rotatable bonds is 7. The van der Waals surface area contributed by atoms with E-state index < -0.39 is 10.0 Å². The minimum absolute atomic E-state index is 0.0195. The molecule has 1 fully saturated rings. The van der Waals surface area contributed by atoms with Gasteiger partial charge in [-0.15, -0.1) is 0 Å². The molecule has 2 rings (SSSR count). The molecule has 8 heteroatoms. The topological polar surface area (TPSA) is 104 Å². The monoisotopic (exact) mass is 315 g/mol. The summed E-state index contributed by atoms with van der Waals surface area (Å²) < 4.78 is 27.1. The first-order valence-electron chi connectivity index (χ1n) is 7.39. The van der Waals surface area contributed by atoms with E-state index in [4.69, 9.17) is 5.73 Å². The molecule has 7 nitrogen and oxygen atoms in total. The largest absolute Gasteiger partial charge is 0.326 e. The Morgan fingerprint density at radius 1 is 1.43 bits per heavy atom. The fourth-order valence-electron chi connectivity index (χ4n) is 2.84. The summed E-state index contributed by atoms with van der Waals surface area (Å²) in [4.78, 5) is 2.23. The minimum atomic E-state index is -3.60. The van der Waals surface area contributed by atoms with Gasteiger partial charge in [-0.1, -0.05) is 12.8 Å². The molecule has 0 unspecified atom stereocenters. The van der Waals surface area contributed by atoms with Gasteiger partial charge in [0, 0.05) is 36.9 Å². The SMILES string of the molecule is Cc1[nH]nc(S(=O)(=O)NCCN(C)C2CCCC2)c1CN. The lowest BCUT2D eigenvalue weighted by molar-refractivity contribution is 0.250. The summed E-state index contributed by atoms with van der Waals surface area (Å²) in [7, 11) is -1.55. The minimum Gasteiger partial charge on any atom is -0.326 e. The maximum atomic E-state index is 12.3. The van der Waals surface area contributed by atoms with Gasteiger partial charge in [0.15, 0.2) is 5.03 Å². The van der Waals surface area contributed by atoms with Gasteiger partial charge >= 0.3 is 0 Å². The van der Waals surface area contributed by atoms with Gasteiger partial charge in [-0.3, -0.25) is 5.10 Å². The Labute approximate surface area is 126 Å². The Morgan fingerprint density at radius 3 is 2.71 bits per heavy atom. The molecule has 0 spiro atoms. The Balaban J connectivity index is 1.92. The first kappa shape index (κ1) is 16.4. The second kappa shape index (κ2) is 6.87. The van der Waals surface area contributed by atoms with Gasteiger partial charge in [0.1, 0.15) is 0 Å². The zero-order chi connectivity index (χ0) is 15.5. The molecule has 1 aromatic heterocycles. The standard InChI is InChI=1S/C13H25N5O2S/c1-10-12(9-14)13(17-16-10)21(19,20)15-7-8-18(2)11-5-3-4-6-11/h11,15H,3-9,14H2,1-2H3,(H,16,17). The number of hydrogen-bond donors (Lipinski definition) is 3. The van der Waals surface area contributed by atoms with Crippen LogP contribution in [0.15, 0.2) is 5.03 Å². The number of sulfonamides is 1.